The van der Waals surface area contributed by atoms with Crippen molar-refractivity contribution in [3.63, 3.8) is 0 Å². The van der Waals surface area contributed by atoms with Crippen LogP contribution in [0.2, 0.25) is 0 Å². The lowest BCUT2D eigenvalue weighted by atomic mass is 10.1. The monoisotopic (exact) mass is 475 g/mol. The Morgan fingerprint density at radius 2 is 1.83 bits per heavy atom. The molecule has 0 unspecified atom stereocenters. The van der Waals surface area contributed by atoms with E-state index in [4.69, 9.17) is 19.9 Å². The summed E-state index contributed by atoms with van der Waals surface area (Å²) in [6.45, 7) is 0. The quantitative estimate of drug-likeness (QED) is 0.548. The van der Waals surface area contributed by atoms with Crippen molar-refractivity contribution in [2.24, 2.45) is 5.73 Å². The van der Waals surface area contributed by atoms with E-state index in [2.05, 4.69) is 26.1 Å². The maximum atomic E-state index is 11.4. The molecule has 1 amide bonds. The number of hydrogen-bond donors (Lipinski definition) is 1. The lowest BCUT2D eigenvalue weighted by Gasteiger charge is -2.15. The maximum Gasteiger partial charge on any atom is 0.248 e. The Morgan fingerprint density at radius 3 is 2.48 bits per heavy atom. The molecule has 0 spiro atoms. The van der Waals surface area contributed by atoms with E-state index >= 15 is 0 Å². The number of hydrogen-bond acceptors (Lipinski definition) is 7. The number of halogens is 1. The van der Waals surface area contributed by atoms with Crippen LogP contribution >= 0.6 is 27.3 Å². The first kappa shape index (κ1) is 20.8. The van der Waals surface area contributed by atoms with Crippen LogP contribution in [-0.4, -0.2) is 37.4 Å². The van der Waals surface area contributed by atoms with E-state index in [1.165, 1.54) is 11.3 Å². The SMILES string of the molecule is COc1cc(C=Cc2nnc(-c3cccc(C(N)=O)c3)s2)c(Br)c(OC)c1OC. The van der Waals surface area contributed by atoms with Crippen LogP contribution in [0.3, 0.4) is 0 Å². The van der Waals surface area contributed by atoms with Crippen molar-refractivity contribution >= 4 is 45.3 Å². The molecule has 7 nitrogen and oxygen atoms in total. The van der Waals surface area contributed by atoms with Crippen LogP contribution in [-0.2, 0) is 0 Å². The Morgan fingerprint density at radius 1 is 1.07 bits per heavy atom. The third-order valence-electron chi connectivity index (χ3n) is 4.04. The van der Waals surface area contributed by atoms with Gasteiger partial charge < -0.3 is 19.9 Å². The molecule has 9 heteroatoms. The Bertz CT molecular complexity index is 1080. The smallest absolute Gasteiger partial charge is 0.248 e. The van der Waals surface area contributed by atoms with E-state index < -0.39 is 5.91 Å². The second-order valence-corrected chi connectivity index (χ2v) is 7.57. The number of amides is 1. The Hall–Kier alpha value is -2.91. The van der Waals surface area contributed by atoms with Crippen LogP contribution in [0.1, 0.15) is 20.9 Å². The van der Waals surface area contributed by atoms with Crippen molar-refractivity contribution in [1.29, 1.82) is 0 Å². The Kier molecular flexibility index (Phi) is 6.50. The van der Waals surface area contributed by atoms with Gasteiger partial charge in [0.1, 0.15) is 10.0 Å². The first-order valence-corrected chi connectivity index (χ1v) is 9.99. The molecular formula is C20H18BrN3O4S. The zero-order valence-electron chi connectivity index (χ0n) is 15.9. The molecule has 29 heavy (non-hydrogen) atoms. The van der Waals surface area contributed by atoms with E-state index in [1.54, 1.807) is 39.5 Å². The van der Waals surface area contributed by atoms with Gasteiger partial charge >= 0.3 is 0 Å². The third kappa shape index (κ3) is 4.41. The number of benzene rings is 2. The van der Waals surface area contributed by atoms with Gasteiger partial charge in [0.15, 0.2) is 11.5 Å². The zero-order chi connectivity index (χ0) is 21.0. The minimum Gasteiger partial charge on any atom is -0.493 e. The van der Waals surface area contributed by atoms with Gasteiger partial charge in [0, 0.05) is 11.1 Å². The summed E-state index contributed by atoms with van der Waals surface area (Å²) < 4.78 is 16.9. The summed E-state index contributed by atoms with van der Waals surface area (Å²) in [5, 5.41) is 9.78. The van der Waals surface area contributed by atoms with E-state index in [9.17, 15) is 4.79 Å². The standard InChI is InChI=1S/C20H18BrN3O4S/c1-26-14-10-11(16(21)18(28-3)17(14)27-2)7-8-15-23-24-20(29-15)13-6-4-5-12(9-13)19(22)25/h4-10H,1-3H3,(H2,22,25). The predicted molar refractivity (Wildman–Crippen MR) is 117 cm³/mol. The highest BCUT2D eigenvalue weighted by Crippen LogP contribution is 2.45. The summed E-state index contributed by atoms with van der Waals surface area (Å²) in [7, 11) is 4.68. The van der Waals surface area contributed by atoms with Crippen LogP contribution in [0.25, 0.3) is 22.7 Å². The van der Waals surface area contributed by atoms with Crippen LogP contribution in [0, 0.1) is 0 Å². The van der Waals surface area contributed by atoms with Crippen molar-refractivity contribution in [2.45, 2.75) is 0 Å². The average molecular weight is 476 g/mol. The molecule has 0 radical (unpaired) electrons. The molecule has 2 aromatic carbocycles. The number of methoxy groups -OCH3 is 3. The van der Waals surface area contributed by atoms with Gasteiger partial charge in [0.25, 0.3) is 0 Å². The molecule has 0 atom stereocenters. The Balaban J connectivity index is 1.92. The highest BCUT2D eigenvalue weighted by atomic mass is 79.9. The van der Waals surface area contributed by atoms with Gasteiger partial charge in [-0.05, 0) is 45.8 Å². The highest BCUT2D eigenvalue weighted by molar-refractivity contribution is 9.10. The topological polar surface area (TPSA) is 96.6 Å². The first-order valence-electron chi connectivity index (χ1n) is 8.38. The first-order chi connectivity index (χ1) is 14.0. The van der Waals surface area contributed by atoms with Crippen molar-refractivity contribution in [2.75, 3.05) is 21.3 Å². The van der Waals surface area contributed by atoms with Gasteiger partial charge in [-0.3, -0.25) is 4.79 Å². The van der Waals surface area contributed by atoms with Gasteiger partial charge in [-0.2, -0.15) is 0 Å². The molecule has 150 valence electrons. The summed E-state index contributed by atoms with van der Waals surface area (Å²) in [4.78, 5) is 11.4. The minimum atomic E-state index is -0.483. The van der Waals surface area contributed by atoms with Crippen LogP contribution in [0.4, 0.5) is 0 Å². The molecular weight excluding hydrogens is 458 g/mol. The molecule has 1 aromatic heterocycles. The third-order valence-corrected chi connectivity index (χ3v) is 5.79. The van der Waals surface area contributed by atoms with E-state index in [-0.39, 0.29) is 0 Å². The Labute approximate surface area is 180 Å². The number of rotatable bonds is 7. The highest BCUT2D eigenvalue weighted by Gasteiger charge is 2.18. The van der Waals surface area contributed by atoms with Crippen LogP contribution in [0.5, 0.6) is 17.2 Å². The van der Waals surface area contributed by atoms with Crippen molar-refractivity contribution in [1.82, 2.24) is 10.2 Å². The number of primary amides is 1. The number of carbonyl (C=O) groups excluding carboxylic acids is 1. The molecule has 0 aliphatic carbocycles. The van der Waals surface area contributed by atoms with E-state index in [0.29, 0.717) is 32.8 Å². The van der Waals surface area contributed by atoms with Gasteiger partial charge in [0.2, 0.25) is 11.7 Å². The normalized spacial score (nSPS) is 10.9. The molecule has 0 aliphatic heterocycles. The summed E-state index contributed by atoms with van der Waals surface area (Å²) in [5.41, 5.74) is 7.38. The van der Waals surface area contributed by atoms with Crippen molar-refractivity contribution in [3.05, 3.63) is 50.9 Å². The number of ether oxygens (including phenoxy) is 3. The molecule has 0 fully saturated rings. The molecule has 1 heterocycles. The molecule has 3 rings (SSSR count). The summed E-state index contributed by atoms with van der Waals surface area (Å²) >= 11 is 4.94. The summed E-state index contributed by atoms with van der Waals surface area (Å²) in [5.74, 6) is 1.11. The molecule has 0 bridgehead atoms. The fourth-order valence-electron chi connectivity index (χ4n) is 2.65. The second-order valence-electron chi connectivity index (χ2n) is 5.77. The van der Waals surface area contributed by atoms with Gasteiger partial charge in [-0.25, -0.2) is 0 Å². The van der Waals surface area contributed by atoms with E-state index in [1.807, 2.05) is 24.3 Å². The largest absolute Gasteiger partial charge is 0.493 e. The van der Waals surface area contributed by atoms with Crippen molar-refractivity contribution < 1.29 is 19.0 Å². The predicted octanol–water partition coefficient (Wildman–Crippen LogP) is 4.26. The van der Waals surface area contributed by atoms with Crippen molar-refractivity contribution in [3.8, 4) is 27.8 Å². The van der Waals surface area contributed by atoms with E-state index in [0.717, 1.165) is 15.6 Å². The summed E-state index contributed by atoms with van der Waals surface area (Å²) in [6, 6.07) is 8.82. The molecule has 0 saturated heterocycles. The molecule has 2 N–H and O–H groups in total. The number of nitrogens with zero attached hydrogens (tertiary/aromatic N) is 2. The number of aromatic nitrogens is 2. The summed E-state index contributed by atoms with van der Waals surface area (Å²) in [6.07, 6.45) is 3.71. The molecule has 3 aromatic rings. The van der Waals surface area contributed by atoms with Gasteiger partial charge in [-0.15, -0.1) is 10.2 Å². The van der Waals surface area contributed by atoms with Gasteiger partial charge in [0.05, 0.1) is 25.8 Å². The fourth-order valence-corrected chi connectivity index (χ4v) is 3.98. The second kappa shape index (κ2) is 9.06. The van der Waals surface area contributed by atoms with Crippen LogP contribution < -0.4 is 19.9 Å². The fraction of sp³-hybridized carbons (Fsp3) is 0.150. The molecule has 0 aliphatic rings. The lowest BCUT2D eigenvalue weighted by molar-refractivity contribution is 0.100. The average Bonchev–Trinajstić information content (AvgIpc) is 3.21. The number of nitrogens with two attached hydrogens (primary N) is 1. The van der Waals surface area contributed by atoms with Crippen LogP contribution in [0.15, 0.2) is 34.8 Å². The lowest BCUT2D eigenvalue weighted by Crippen LogP contribution is -2.10. The maximum absolute atomic E-state index is 11.4. The minimum absolute atomic E-state index is 0.427. The van der Waals surface area contributed by atoms with Gasteiger partial charge in [-0.1, -0.05) is 29.5 Å². The number of carbonyl (C=O) groups is 1. The zero-order valence-corrected chi connectivity index (χ0v) is 18.3. The molecule has 0 saturated carbocycles.